The van der Waals surface area contributed by atoms with Gasteiger partial charge in [0.25, 0.3) is 0 Å². The van der Waals surface area contributed by atoms with Crippen molar-refractivity contribution in [2.75, 3.05) is 13.1 Å². The largest absolute Gasteiger partial charge is 0.433 e. The van der Waals surface area contributed by atoms with Crippen LogP contribution in [0.15, 0.2) is 24.3 Å². The third kappa shape index (κ3) is 3.64. The smallest absolute Gasteiger partial charge is 0.342 e. The number of piperidine rings is 1. The molecule has 0 aromatic carbocycles. The topological polar surface area (TPSA) is 50.5 Å². The Morgan fingerprint density at radius 2 is 2.04 bits per heavy atom. The van der Waals surface area contributed by atoms with E-state index in [9.17, 15) is 18.0 Å². The summed E-state index contributed by atoms with van der Waals surface area (Å²) in [6, 6.07) is 2.64. The van der Waals surface area contributed by atoms with Crippen molar-refractivity contribution < 1.29 is 18.0 Å². The van der Waals surface area contributed by atoms with Gasteiger partial charge in [0.05, 0.1) is 5.69 Å². The van der Waals surface area contributed by atoms with E-state index in [1.54, 1.807) is 13.0 Å². The first-order chi connectivity index (χ1) is 13.3. The van der Waals surface area contributed by atoms with Gasteiger partial charge in [0.1, 0.15) is 5.69 Å². The summed E-state index contributed by atoms with van der Waals surface area (Å²) in [5, 5.41) is 4.24. The molecule has 1 amide bonds. The number of fused-ring (bicyclic) bond motifs is 1. The summed E-state index contributed by atoms with van der Waals surface area (Å²) < 4.78 is 41.0. The zero-order valence-corrected chi connectivity index (χ0v) is 15.7. The molecule has 28 heavy (non-hydrogen) atoms. The maximum Gasteiger partial charge on any atom is 0.433 e. The predicted molar refractivity (Wildman–Crippen MR) is 97.8 cm³/mol. The van der Waals surface area contributed by atoms with Crippen LogP contribution in [-0.4, -0.2) is 38.5 Å². The molecule has 0 N–H and O–H groups in total. The maximum atomic E-state index is 13.4. The summed E-state index contributed by atoms with van der Waals surface area (Å²) in [6.45, 7) is 2.75. The number of nitrogens with zero attached hydrogens (tertiary/aromatic N) is 4. The van der Waals surface area contributed by atoms with Gasteiger partial charge in [-0.1, -0.05) is 12.2 Å². The molecule has 5 nitrogen and oxygen atoms in total. The van der Waals surface area contributed by atoms with Crippen LogP contribution in [0, 0.1) is 12.8 Å². The van der Waals surface area contributed by atoms with E-state index in [1.807, 2.05) is 4.90 Å². The van der Waals surface area contributed by atoms with Crippen LogP contribution in [-0.2, 0) is 11.0 Å². The fourth-order valence-electron chi connectivity index (χ4n) is 4.21. The third-order valence-electron chi connectivity index (χ3n) is 5.63. The molecule has 2 aromatic rings. The van der Waals surface area contributed by atoms with Gasteiger partial charge < -0.3 is 4.90 Å². The van der Waals surface area contributed by atoms with E-state index in [0.29, 0.717) is 24.5 Å². The van der Waals surface area contributed by atoms with Crippen LogP contribution in [0.2, 0.25) is 0 Å². The second-order valence-electron chi connectivity index (χ2n) is 7.72. The number of carbonyl (C=O) groups is 1. The number of rotatable bonds is 2. The Hall–Kier alpha value is -2.38. The van der Waals surface area contributed by atoms with E-state index < -0.39 is 11.9 Å². The Kier molecular flexibility index (Phi) is 4.89. The van der Waals surface area contributed by atoms with Gasteiger partial charge in [0.2, 0.25) is 5.91 Å². The molecule has 1 aliphatic heterocycles. The minimum Gasteiger partial charge on any atom is -0.342 e. The van der Waals surface area contributed by atoms with Crippen LogP contribution in [0.5, 0.6) is 0 Å². The molecule has 1 fully saturated rings. The zero-order valence-electron chi connectivity index (χ0n) is 15.7. The summed E-state index contributed by atoms with van der Waals surface area (Å²) in [6.07, 6.45) is 3.85. The number of hydrogen-bond donors (Lipinski definition) is 0. The Balaban J connectivity index is 1.59. The molecule has 150 valence electrons. The highest BCUT2D eigenvalue weighted by atomic mass is 19.4. The van der Waals surface area contributed by atoms with E-state index in [0.717, 1.165) is 42.7 Å². The fourth-order valence-corrected chi connectivity index (χ4v) is 4.21. The van der Waals surface area contributed by atoms with Crippen LogP contribution in [0.25, 0.3) is 5.65 Å². The maximum absolute atomic E-state index is 13.4. The van der Waals surface area contributed by atoms with Crippen molar-refractivity contribution >= 4 is 11.6 Å². The molecule has 0 bridgehead atoms. The first-order valence-electron chi connectivity index (χ1n) is 9.71. The van der Waals surface area contributed by atoms with Crippen LogP contribution in [0.1, 0.15) is 55.1 Å². The highest BCUT2D eigenvalue weighted by Gasteiger charge is 2.36. The molecule has 2 atom stereocenters. The molecule has 0 saturated carbocycles. The van der Waals surface area contributed by atoms with Crippen molar-refractivity contribution in [1.29, 1.82) is 0 Å². The zero-order chi connectivity index (χ0) is 19.9. The standard InChI is InChI=1S/C20H23F3N4O/c1-13-10-17(20(21,22)23)27-18(24-13)11-16(25-27)15-8-5-9-26(12-15)19(28)14-6-3-2-4-7-14/h2-3,10-11,14-15H,4-9,12H2,1H3. The molecule has 3 heterocycles. The van der Waals surface area contributed by atoms with Crippen LogP contribution >= 0.6 is 0 Å². The van der Waals surface area contributed by atoms with Crippen molar-refractivity contribution in [3.8, 4) is 0 Å². The van der Waals surface area contributed by atoms with Gasteiger partial charge in [-0.25, -0.2) is 9.50 Å². The van der Waals surface area contributed by atoms with E-state index >= 15 is 0 Å². The van der Waals surface area contributed by atoms with Crippen molar-refractivity contribution in [2.45, 2.75) is 51.1 Å². The number of hydrogen-bond acceptors (Lipinski definition) is 3. The summed E-state index contributed by atoms with van der Waals surface area (Å²) in [4.78, 5) is 18.9. The van der Waals surface area contributed by atoms with Gasteiger partial charge in [-0.2, -0.15) is 18.3 Å². The molecule has 8 heteroatoms. The molecule has 0 spiro atoms. The Morgan fingerprint density at radius 1 is 1.21 bits per heavy atom. The van der Waals surface area contributed by atoms with Crippen molar-refractivity contribution in [3.63, 3.8) is 0 Å². The van der Waals surface area contributed by atoms with E-state index in [-0.39, 0.29) is 23.4 Å². The highest BCUT2D eigenvalue weighted by molar-refractivity contribution is 5.79. The van der Waals surface area contributed by atoms with Crippen LogP contribution in [0.3, 0.4) is 0 Å². The molecular weight excluding hydrogens is 369 g/mol. The third-order valence-corrected chi connectivity index (χ3v) is 5.63. The molecule has 1 saturated heterocycles. The van der Waals surface area contributed by atoms with Gasteiger partial charge in [-0.3, -0.25) is 4.79 Å². The molecule has 2 unspecified atom stereocenters. The number of allylic oxidation sites excluding steroid dienone is 2. The number of carbonyl (C=O) groups excluding carboxylic acids is 1. The molecule has 1 aliphatic carbocycles. The second kappa shape index (κ2) is 7.22. The summed E-state index contributed by atoms with van der Waals surface area (Å²) in [5.41, 5.74) is 0.254. The number of aryl methyl sites for hydroxylation is 1. The monoisotopic (exact) mass is 392 g/mol. The Morgan fingerprint density at radius 3 is 2.75 bits per heavy atom. The Labute approximate surface area is 161 Å². The van der Waals surface area contributed by atoms with Crippen molar-refractivity contribution in [2.24, 2.45) is 5.92 Å². The minimum absolute atomic E-state index is 0.0194. The number of halogens is 3. The van der Waals surface area contributed by atoms with Gasteiger partial charge in [-0.15, -0.1) is 0 Å². The average molecular weight is 392 g/mol. The first kappa shape index (κ1) is 19.0. The summed E-state index contributed by atoms with van der Waals surface area (Å²) >= 11 is 0. The second-order valence-corrected chi connectivity index (χ2v) is 7.72. The highest BCUT2D eigenvalue weighted by Crippen LogP contribution is 2.33. The molecular formula is C20H23F3N4O. The van der Waals surface area contributed by atoms with Gasteiger partial charge in [-0.05, 0) is 45.1 Å². The van der Waals surface area contributed by atoms with Gasteiger partial charge in [0, 0.05) is 36.7 Å². The number of aromatic nitrogens is 3. The van der Waals surface area contributed by atoms with Crippen molar-refractivity contribution in [3.05, 3.63) is 41.4 Å². The predicted octanol–water partition coefficient (Wildman–Crippen LogP) is 4.12. The molecule has 4 rings (SSSR count). The van der Waals surface area contributed by atoms with E-state index in [2.05, 4.69) is 22.2 Å². The van der Waals surface area contributed by atoms with E-state index in [4.69, 9.17) is 0 Å². The molecule has 2 aromatic heterocycles. The average Bonchev–Trinajstić information content (AvgIpc) is 3.10. The lowest BCUT2D eigenvalue weighted by Gasteiger charge is -2.34. The lowest BCUT2D eigenvalue weighted by molar-refractivity contribution is -0.142. The molecule has 2 aliphatic rings. The molecule has 0 radical (unpaired) electrons. The van der Waals surface area contributed by atoms with Gasteiger partial charge >= 0.3 is 6.18 Å². The minimum atomic E-state index is -4.50. The lowest BCUT2D eigenvalue weighted by Crippen LogP contribution is -2.42. The number of likely N-dealkylation sites (tertiary alicyclic amines) is 1. The van der Waals surface area contributed by atoms with Gasteiger partial charge in [0.15, 0.2) is 5.65 Å². The number of amides is 1. The van der Waals surface area contributed by atoms with Crippen molar-refractivity contribution in [1.82, 2.24) is 19.5 Å². The fraction of sp³-hybridized carbons (Fsp3) is 0.550. The Bertz CT molecular complexity index is 918. The summed E-state index contributed by atoms with van der Waals surface area (Å²) in [5.74, 6) is 0.105. The van der Waals surface area contributed by atoms with Crippen LogP contribution < -0.4 is 0 Å². The van der Waals surface area contributed by atoms with E-state index in [1.165, 1.54) is 0 Å². The number of alkyl halides is 3. The quantitative estimate of drug-likeness (QED) is 0.723. The SMILES string of the molecule is Cc1cc(C(F)(F)F)n2nc(C3CCCN(C(=O)C4CC=CCC4)C3)cc2n1. The van der Waals surface area contributed by atoms with Crippen LogP contribution in [0.4, 0.5) is 13.2 Å². The first-order valence-corrected chi connectivity index (χ1v) is 9.71. The summed E-state index contributed by atoms with van der Waals surface area (Å²) in [7, 11) is 0. The normalized spacial score (nSPS) is 23.4. The lowest BCUT2D eigenvalue weighted by atomic mass is 9.90.